The molecule has 9 atom stereocenters. The van der Waals surface area contributed by atoms with E-state index in [1.54, 1.807) is 60.7 Å². The summed E-state index contributed by atoms with van der Waals surface area (Å²) in [6, 6.07) is 6.17. The number of carbonyl (C=O) groups is 6. The molecular weight excluding hydrogens is 879 g/mol. The highest BCUT2D eigenvalue weighted by molar-refractivity contribution is 6.01. The van der Waals surface area contributed by atoms with E-state index in [-0.39, 0.29) is 36.0 Å². The molecule has 4 saturated carbocycles. The second-order valence-electron chi connectivity index (χ2n) is 22.9. The number of rotatable bonds is 22. The molecule has 5 aliphatic rings. The molecule has 15 heteroatoms. The number of hydrogen-bond donors (Lipinski definition) is 2. The fourth-order valence-corrected chi connectivity index (χ4v) is 12.8. The third kappa shape index (κ3) is 13.9. The number of likely N-dealkylation sites (N-methyl/N-ethyl adjacent to an activating group) is 2. The number of methoxy groups -OCH3 is 2. The first kappa shape index (κ1) is 55.8. The van der Waals surface area contributed by atoms with Crippen molar-refractivity contribution in [2.75, 3.05) is 34.9 Å². The number of ether oxygens (including phenoxy) is 4. The maximum Gasteiger partial charge on any atom is 0.410 e. The quantitative estimate of drug-likeness (QED) is 0.113. The van der Waals surface area contributed by atoms with Crippen molar-refractivity contribution in [1.29, 1.82) is 0 Å². The molecule has 4 bridgehead atoms. The highest BCUT2D eigenvalue weighted by Gasteiger charge is 2.54. The topological polar surface area (TPSA) is 173 Å². The Balaban J connectivity index is 1.29. The summed E-state index contributed by atoms with van der Waals surface area (Å²) in [6.45, 7) is 19.0. The second-order valence-corrected chi connectivity index (χ2v) is 22.9. The average molecular weight is 966 g/mol. The molecule has 0 spiro atoms. The zero-order valence-corrected chi connectivity index (χ0v) is 44.4. The number of amides is 5. The summed E-state index contributed by atoms with van der Waals surface area (Å²) in [5.74, 6) is -1.58. The van der Waals surface area contributed by atoms with Gasteiger partial charge in [-0.1, -0.05) is 85.2 Å². The van der Waals surface area contributed by atoms with Crippen LogP contribution in [0.1, 0.15) is 139 Å². The standard InChI is InChI=1S/C54H87N5O10/c1-15-34(6)46(57(11)44(32(2)3)49(62)56-50(63)45(33(4)5)58(12)52(65)69-53(8,9)10)42(66-13)28-43(60)59-23-19-22-41(59)47(67-14)35(7)48(61)55-40(27-36-20-17-16-18-21-36)51(64)68-54-29-37-24-38(30-54)26-39(25-37)31-54/h16-18,20-21,32-35,37-42,44-47H,15,19,22-31H2,1-14H3,(H,55,61)(H,56,62,63)/t34-,35+,37?,38?,39?,40-,41-,42+,44-,45-,46-,47+,54?/m0/s1. The van der Waals surface area contributed by atoms with E-state index >= 15 is 0 Å². The van der Waals surface area contributed by atoms with Crippen LogP contribution in [-0.2, 0) is 49.3 Å². The Morgan fingerprint density at radius 2 is 1.38 bits per heavy atom. The van der Waals surface area contributed by atoms with E-state index < -0.39 is 83.4 Å². The highest BCUT2D eigenvalue weighted by atomic mass is 16.6. The summed E-state index contributed by atoms with van der Waals surface area (Å²) in [7, 11) is 6.46. The van der Waals surface area contributed by atoms with Crippen LogP contribution >= 0.6 is 0 Å². The summed E-state index contributed by atoms with van der Waals surface area (Å²) in [4.78, 5) is 89.3. The van der Waals surface area contributed by atoms with E-state index in [4.69, 9.17) is 18.9 Å². The summed E-state index contributed by atoms with van der Waals surface area (Å²) < 4.78 is 24.3. The number of benzene rings is 1. The van der Waals surface area contributed by atoms with E-state index in [1.807, 2.05) is 63.1 Å². The van der Waals surface area contributed by atoms with Gasteiger partial charge in [-0.05, 0) is 120 Å². The molecule has 5 amide bonds. The van der Waals surface area contributed by atoms with Crippen LogP contribution in [0, 0.1) is 41.4 Å². The summed E-state index contributed by atoms with van der Waals surface area (Å²) in [6.07, 6.45) is 6.71. The molecule has 1 aromatic carbocycles. The Labute approximate surface area is 413 Å². The zero-order chi connectivity index (χ0) is 51.1. The second kappa shape index (κ2) is 23.9. The minimum atomic E-state index is -0.974. The smallest absolute Gasteiger partial charge is 0.410 e. The summed E-state index contributed by atoms with van der Waals surface area (Å²) >= 11 is 0. The van der Waals surface area contributed by atoms with Crippen molar-refractivity contribution in [3.05, 3.63) is 35.9 Å². The predicted molar refractivity (Wildman–Crippen MR) is 265 cm³/mol. The van der Waals surface area contributed by atoms with Crippen LogP contribution in [0.15, 0.2) is 30.3 Å². The summed E-state index contributed by atoms with van der Waals surface area (Å²) in [5.41, 5.74) is -0.317. The number of nitrogens with zero attached hydrogens (tertiary/aromatic N) is 3. The van der Waals surface area contributed by atoms with Gasteiger partial charge in [-0.15, -0.1) is 0 Å². The van der Waals surface area contributed by atoms with Gasteiger partial charge in [-0.25, -0.2) is 9.59 Å². The number of likely N-dealkylation sites (tertiary alicyclic amines) is 1. The van der Waals surface area contributed by atoms with Crippen LogP contribution in [0.25, 0.3) is 0 Å². The Morgan fingerprint density at radius 1 is 0.812 bits per heavy atom. The molecule has 4 aliphatic carbocycles. The van der Waals surface area contributed by atoms with E-state index in [1.165, 1.54) is 31.2 Å². The molecule has 15 nitrogen and oxygen atoms in total. The van der Waals surface area contributed by atoms with E-state index in [9.17, 15) is 28.8 Å². The number of carbonyl (C=O) groups excluding carboxylic acids is 6. The van der Waals surface area contributed by atoms with Crippen molar-refractivity contribution < 1.29 is 47.7 Å². The molecule has 2 N–H and O–H groups in total. The normalized spacial score (nSPS) is 25.6. The van der Waals surface area contributed by atoms with Crippen molar-refractivity contribution in [3.8, 4) is 0 Å². The van der Waals surface area contributed by atoms with Gasteiger partial charge in [0.25, 0.3) is 0 Å². The highest BCUT2D eigenvalue weighted by Crippen LogP contribution is 2.57. The average Bonchev–Trinajstić information content (AvgIpc) is 3.74. The molecule has 1 aromatic rings. The first-order chi connectivity index (χ1) is 32.4. The molecule has 0 aromatic heterocycles. The van der Waals surface area contributed by atoms with Crippen LogP contribution in [-0.4, -0.2) is 139 Å². The first-order valence-electron chi connectivity index (χ1n) is 25.9. The van der Waals surface area contributed by atoms with Crippen LogP contribution in [0.2, 0.25) is 0 Å². The monoisotopic (exact) mass is 966 g/mol. The first-order valence-corrected chi connectivity index (χ1v) is 25.9. The Hall–Kier alpha value is -4.08. The molecule has 1 aliphatic heterocycles. The lowest BCUT2D eigenvalue weighted by Gasteiger charge is -2.55. The largest absolute Gasteiger partial charge is 0.458 e. The molecule has 1 heterocycles. The van der Waals surface area contributed by atoms with Crippen LogP contribution in [0.4, 0.5) is 4.79 Å². The van der Waals surface area contributed by atoms with Crippen LogP contribution in [0.5, 0.6) is 0 Å². The van der Waals surface area contributed by atoms with Crippen LogP contribution in [0.3, 0.4) is 0 Å². The lowest BCUT2D eigenvalue weighted by molar-refractivity contribution is -0.189. The van der Waals surface area contributed by atoms with Gasteiger partial charge in [0.15, 0.2) is 0 Å². The number of nitrogens with one attached hydrogen (secondary N) is 2. The van der Waals surface area contributed by atoms with Gasteiger partial charge in [-0.2, -0.15) is 0 Å². The third-order valence-electron chi connectivity index (χ3n) is 15.7. The van der Waals surface area contributed by atoms with Crippen molar-refractivity contribution in [2.24, 2.45) is 41.4 Å². The molecule has 0 radical (unpaired) electrons. The molecule has 0 unspecified atom stereocenters. The lowest BCUT2D eigenvalue weighted by Crippen LogP contribution is -2.60. The van der Waals surface area contributed by atoms with Gasteiger partial charge in [0.2, 0.25) is 23.6 Å². The molecule has 1 saturated heterocycles. The number of esters is 1. The fraction of sp³-hybridized carbons (Fsp3) is 0.778. The van der Waals surface area contributed by atoms with Gasteiger partial charge in [0, 0.05) is 40.3 Å². The van der Waals surface area contributed by atoms with E-state index in [2.05, 4.69) is 17.6 Å². The van der Waals surface area contributed by atoms with E-state index in [0.717, 1.165) is 37.7 Å². The third-order valence-corrected chi connectivity index (χ3v) is 15.7. The van der Waals surface area contributed by atoms with Crippen molar-refractivity contribution in [3.63, 3.8) is 0 Å². The van der Waals surface area contributed by atoms with Gasteiger partial charge in [0.1, 0.15) is 23.3 Å². The van der Waals surface area contributed by atoms with Crippen molar-refractivity contribution >= 4 is 35.7 Å². The Bertz CT molecular complexity index is 1880. The van der Waals surface area contributed by atoms with Crippen molar-refractivity contribution in [1.82, 2.24) is 25.3 Å². The van der Waals surface area contributed by atoms with Gasteiger partial charge in [0.05, 0.1) is 36.6 Å². The molecule has 5 fully saturated rings. The van der Waals surface area contributed by atoms with Gasteiger partial charge >= 0.3 is 12.1 Å². The maximum atomic E-state index is 14.6. The summed E-state index contributed by atoms with van der Waals surface area (Å²) in [5, 5.41) is 5.71. The zero-order valence-electron chi connectivity index (χ0n) is 44.4. The van der Waals surface area contributed by atoms with Gasteiger partial charge < -0.3 is 29.2 Å². The Morgan fingerprint density at radius 3 is 1.88 bits per heavy atom. The SMILES string of the molecule is CC[C@H](C)[C@@H]([C@@H](CC(=O)N1CCC[C@H]1[C@H](OC)[C@@H](C)C(=O)N[C@@H](Cc1ccccc1)C(=O)OC12CC3CC(CC(C3)C1)C2)OC)N(C)[C@H](C(=O)NC(=O)[C@H](C(C)C)N(C)C(=O)OC(C)(C)C)C(C)C. The molecule has 6 rings (SSSR count). The predicted octanol–water partition coefficient (Wildman–Crippen LogP) is 7.18. The minimum absolute atomic E-state index is 0.000140. The maximum absolute atomic E-state index is 14.6. The fourth-order valence-electron chi connectivity index (χ4n) is 12.8. The molecule has 388 valence electrons. The molecule has 69 heavy (non-hydrogen) atoms. The minimum Gasteiger partial charge on any atom is -0.458 e. The lowest BCUT2D eigenvalue weighted by atomic mass is 9.54. The van der Waals surface area contributed by atoms with Crippen LogP contribution < -0.4 is 10.6 Å². The van der Waals surface area contributed by atoms with Crippen molar-refractivity contribution in [2.45, 2.75) is 193 Å². The molecular formula is C54H87N5O10. The Kier molecular flexibility index (Phi) is 19.3. The van der Waals surface area contributed by atoms with E-state index in [0.29, 0.717) is 37.1 Å². The number of imide groups is 1. The number of hydrogen-bond acceptors (Lipinski definition) is 11. The van der Waals surface area contributed by atoms with Gasteiger partial charge in [-0.3, -0.25) is 34.3 Å².